The van der Waals surface area contributed by atoms with Crippen molar-refractivity contribution in [2.45, 2.75) is 44.3 Å². The van der Waals surface area contributed by atoms with Crippen molar-refractivity contribution in [2.75, 3.05) is 13.1 Å². The first-order valence-corrected chi connectivity index (χ1v) is 8.27. The molecule has 0 spiro atoms. The van der Waals surface area contributed by atoms with Crippen molar-refractivity contribution in [3.05, 3.63) is 34.9 Å². The lowest BCUT2D eigenvalue weighted by Gasteiger charge is -2.36. The van der Waals surface area contributed by atoms with Gasteiger partial charge in [-0.15, -0.1) is 0 Å². The molecule has 1 aromatic carbocycles. The lowest BCUT2D eigenvalue weighted by Crippen LogP contribution is -2.53. The minimum atomic E-state index is -0.412. The number of nitrogens with zero attached hydrogens (tertiary/aromatic N) is 1. The summed E-state index contributed by atoms with van der Waals surface area (Å²) in [7, 11) is 0. The smallest absolute Gasteiger partial charge is 0.239 e. The fraction of sp³-hybridized carbons (Fsp3) is 0.588. The van der Waals surface area contributed by atoms with E-state index in [1.807, 2.05) is 30.9 Å². The maximum atomic E-state index is 12.5. The number of benzene rings is 1. The predicted molar refractivity (Wildman–Crippen MR) is 88.7 cm³/mol. The summed E-state index contributed by atoms with van der Waals surface area (Å²) in [5.41, 5.74) is 7.17. The van der Waals surface area contributed by atoms with Crippen LogP contribution in [-0.2, 0) is 10.3 Å². The quantitative estimate of drug-likeness (QED) is 0.838. The Bertz CT molecular complexity index is 588. The molecular formula is C17H24ClN3O. The maximum absolute atomic E-state index is 12.5. The highest BCUT2D eigenvalue weighted by atomic mass is 35.5. The third kappa shape index (κ3) is 2.34. The van der Waals surface area contributed by atoms with Crippen LogP contribution < -0.4 is 11.1 Å². The maximum Gasteiger partial charge on any atom is 0.239 e. The number of nitrogens with two attached hydrogens (primary N) is 1. The summed E-state index contributed by atoms with van der Waals surface area (Å²) in [6.07, 6.45) is 0.904. The van der Waals surface area contributed by atoms with Crippen molar-refractivity contribution < 1.29 is 4.79 Å². The van der Waals surface area contributed by atoms with Crippen LogP contribution in [0.5, 0.6) is 0 Å². The van der Waals surface area contributed by atoms with Crippen molar-refractivity contribution >= 4 is 17.5 Å². The van der Waals surface area contributed by atoms with Crippen LogP contribution in [0.25, 0.3) is 0 Å². The zero-order valence-corrected chi connectivity index (χ0v) is 14.2. The van der Waals surface area contributed by atoms with E-state index < -0.39 is 6.04 Å². The molecule has 3 rings (SSSR count). The van der Waals surface area contributed by atoms with Crippen molar-refractivity contribution in [3.8, 4) is 0 Å². The first-order chi connectivity index (χ1) is 10.3. The lowest BCUT2D eigenvalue weighted by molar-refractivity contribution is -0.134. The van der Waals surface area contributed by atoms with Crippen LogP contribution in [-0.4, -0.2) is 35.5 Å². The Morgan fingerprint density at radius 3 is 2.55 bits per heavy atom. The summed E-state index contributed by atoms with van der Waals surface area (Å²) in [5, 5.41) is 4.38. The predicted octanol–water partition coefficient (Wildman–Crippen LogP) is 2.11. The molecule has 4 nitrogen and oxygen atoms in total. The molecule has 2 heterocycles. The summed E-state index contributed by atoms with van der Waals surface area (Å²) < 4.78 is 0. The largest absolute Gasteiger partial charge is 0.339 e. The lowest BCUT2D eigenvalue weighted by atomic mass is 9.81. The molecule has 3 N–H and O–H groups in total. The molecule has 2 saturated heterocycles. The zero-order chi connectivity index (χ0) is 16.1. The van der Waals surface area contributed by atoms with Gasteiger partial charge in [0.05, 0.1) is 17.1 Å². The van der Waals surface area contributed by atoms with Gasteiger partial charge in [0.2, 0.25) is 5.91 Å². The molecule has 3 atom stereocenters. The molecule has 0 aliphatic carbocycles. The SMILES string of the molecule is CC(C)[C@@H](N)C(=O)N1CCC2(c3ccc(Cl)cc3)NC2(C)C1. The molecule has 1 amide bonds. The van der Waals surface area contributed by atoms with E-state index in [1.165, 1.54) is 5.56 Å². The van der Waals surface area contributed by atoms with Crippen molar-refractivity contribution in [3.63, 3.8) is 0 Å². The molecule has 2 aliphatic heterocycles. The van der Waals surface area contributed by atoms with E-state index in [-0.39, 0.29) is 22.9 Å². The summed E-state index contributed by atoms with van der Waals surface area (Å²) in [6.45, 7) is 7.60. The van der Waals surface area contributed by atoms with Crippen LogP contribution in [0, 0.1) is 5.92 Å². The minimum Gasteiger partial charge on any atom is -0.339 e. The summed E-state index contributed by atoms with van der Waals surface area (Å²) in [5.74, 6) is 0.227. The number of likely N-dealkylation sites (tertiary alicyclic amines) is 1. The molecule has 0 saturated carbocycles. The molecule has 22 heavy (non-hydrogen) atoms. The zero-order valence-electron chi connectivity index (χ0n) is 13.4. The van der Waals surface area contributed by atoms with Crippen LogP contribution in [0.2, 0.25) is 5.02 Å². The van der Waals surface area contributed by atoms with Gasteiger partial charge in [0.15, 0.2) is 0 Å². The number of halogens is 1. The Hall–Kier alpha value is -1.10. The van der Waals surface area contributed by atoms with E-state index in [4.69, 9.17) is 17.3 Å². The van der Waals surface area contributed by atoms with Crippen molar-refractivity contribution in [2.24, 2.45) is 11.7 Å². The normalized spacial score (nSPS) is 31.8. The van der Waals surface area contributed by atoms with E-state index in [0.717, 1.165) is 18.0 Å². The Morgan fingerprint density at radius 1 is 1.36 bits per heavy atom. The number of amides is 1. The number of fused-ring (bicyclic) bond motifs is 1. The van der Waals surface area contributed by atoms with Crippen molar-refractivity contribution in [1.82, 2.24) is 10.2 Å². The van der Waals surface area contributed by atoms with Gasteiger partial charge in [-0.1, -0.05) is 37.6 Å². The van der Waals surface area contributed by atoms with Crippen LogP contribution in [0.15, 0.2) is 24.3 Å². The average Bonchev–Trinajstić information content (AvgIpc) is 3.12. The topological polar surface area (TPSA) is 68.3 Å². The van der Waals surface area contributed by atoms with Gasteiger partial charge in [-0.3, -0.25) is 10.1 Å². The van der Waals surface area contributed by atoms with Gasteiger partial charge < -0.3 is 10.6 Å². The highest BCUT2D eigenvalue weighted by Gasteiger charge is 2.67. The van der Waals surface area contributed by atoms with E-state index in [1.54, 1.807) is 0 Å². The molecule has 0 aromatic heterocycles. The Morgan fingerprint density at radius 2 is 2.00 bits per heavy atom. The first-order valence-electron chi connectivity index (χ1n) is 7.89. The molecule has 1 aromatic rings. The molecule has 5 heteroatoms. The fourth-order valence-corrected chi connectivity index (χ4v) is 3.80. The standard InChI is InChI=1S/C17H24ClN3O/c1-11(2)14(19)15(22)21-9-8-17(16(3,10-21)20-17)12-4-6-13(18)7-5-12/h4-7,11,14,20H,8-10,19H2,1-3H3/t14-,16?,17?/m1/s1. The van der Waals surface area contributed by atoms with Gasteiger partial charge in [-0.2, -0.15) is 0 Å². The Labute approximate surface area is 137 Å². The number of piperidine rings is 1. The molecule has 2 aliphatic rings. The molecule has 0 radical (unpaired) electrons. The van der Waals surface area contributed by atoms with Crippen LogP contribution in [0.4, 0.5) is 0 Å². The minimum absolute atomic E-state index is 0.0315. The third-order valence-electron chi connectivity index (χ3n) is 5.28. The highest BCUT2D eigenvalue weighted by Crippen LogP contribution is 2.53. The highest BCUT2D eigenvalue weighted by molar-refractivity contribution is 6.30. The molecule has 120 valence electrons. The summed E-state index contributed by atoms with van der Waals surface area (Å²) in [4.78, 5) is 14.4. The van der Waals surface area contributed by atoms with Gasteiger partial charge in [0, 0.05) is 18.1 Å². The molecule has 2 unspecified atom stereocenters. The van der Waals surface area contributed by atoms with Gasteiger partial charge in [0.1, 0.15) is 0 Å². The average molecular weight is 322 g/mol. The Balaban J connectivity index is 1.76. The molecule has 2 fully saturated rings. The second kappa shape index (κ2) is 5.22. The monoisotopic (exact) mass is 321 g/mol. The second-order valence-corrected chi connectivity index (χ2v) is 7.59. The summed E-state index contributed by atoms with van der Waals surface area (Å²) in [6, 6.07) is 7.61. The number of hydrogen-bond acceptors (Lipinski definition) is 3. The van der Waals surface area contributed by atoms with E-state index in [9.17, 15) is 4.79 Å². The number of nitrogens with one attached hydrogen (secondary N) is 1. The summed E-state index contributed by atoms with van der Waals surface area (Å²) >= 11 is 5.99. The second-order valence-electron chi connectivity index (χ2n) is 7.15. The van der Waals surface area contributed by atoms with Crippen molar-refractivity contribution in [1.29, 1.82) is 0 Å². The fourth-order valence-electron chi connectivity index (χ4n) is 3.67. The Kier molecular flexibility index (Phi) is 3.75. The van der Waals surface area contributed by atoms with Crippen LogP contribution in [0.3, 0.4) is 0 Å². The number of carbonyl (C=O) groups is 1. The number of rotatable bonds is 3. The number of hydrogen-bond donors (Lipinski definition) is 2. The van der Waals surface area contributed by atoms with Crippen LogP contribution in [0.1, 0.15) is 32.8 Å². The van der Waals surface area contributed by atoms with Gasteiger partial charge in [0.25, 0.3) is 0 Å². The van der Waals surface area contributed by atoms with E-state index in [2.05, 4.69) is 24.4 Å². The van der Waals surface area contributed by atoms with Gasteiger partial charge in [-0.05, 0) is 37.0 Å². The molecular weight excluding hydrogens is 298 g/mol. The van der Waals surface area contributed by atoms with E-state index >= 15 is 0 Å². The third-order valence-corrected chi connectivity index (χ3v) is 5.54. The van der Waals surface area contributed by atoms with E-state index in [0.29, 0.717) is 6.54 Å². The van der Waals surface area contributed by atoms with Crippen LogP contribution >= 0.6 is 11.6 Å². The van der Waals surface area contributed by atoms with Gasteiger partial charge in [-0.25, -0.2) is 0 Å². The number of carbonyl (C=O) groups excluding carboxylic acids is 1. The molecule has 0 bridgehead atoms. The first kappa shape index (κ1) is 15.8. The van der Waals surface area contributed by atoms with Gasteiger partial charge >= 0.3 is 0 Å².